The third kappa shape index (κ3) is 1.93. The molecule has 4 heteroatoms. The average Bonchev–Trinajstić information content (AvgIpc) is 2.79. The fourth-order valence-electron chi connectivity index (χ4n) is 6.52. The van der Waals surface area contributed by atoms with Gasteiger partial charge in [-0.3, -0.25) is 9.59 Å². The number of aliphatic hydroxyl groups is 1. The molecule has 23 heavy (non-hydrogen) atoms. The monoisotopic (exact) mass is 336 g/mol. The normalized spacial score (nSPS) is 55.3. The molecule has 0 radical (unpaired) electrons. The number of hydrogen-bond donors (Lipinski definition) is 1. The fourth-order valence-corrected chi connectivity index (χ4v) is 7.03. The molecule has 4 rings (SSSR count). The van der Waals surface area contributed by atoms with Crippen molar-refractivity contribution < 1.29 is 14.7 Å². The largest absolute Gasteiger partial charge is 0.393 e. The van der Waals surface area contributed by atoms with Crippen LogP contribution in [0.25, 0.3) is 0 Å². The molecule has 4 aliphatic carbocycles. The lowest BCUT2D eigenvalue weighted by molar-refractivity contribution is -0.146. The third-order valence-corrected chi connectivity index (χ3v) is 8.27. The van der Waals surface area contributed by atoms with Crippen molar-refractivity contribution >= 4 is 23.2 Å². The molecule has 4 aliphatic rings. The molecule has 3 saturated carbocycles. The van der Waals surface area contributed by atoms with Gasteiger partial charge in [0.1, 0.15) is 11.2 Å². The Kier molecular flexibility index (Phi) is 3.39. The summed E-state index contributed by atoms with van der Waals surface area (Å²) in [6.07, 6.45) is 7.33. The van der Waals surface area contributed by atoms with E-state index in [0.29, 0.717) is 36.4 Å². The minimum Gasteiger partial charge on any atom is -0.393 e. The van der Waals surface area contributed by atoms with Gasteiger partial charge in [0.25, 0.3) is 0 Å². The third-order valence-electron chi connectivity index (χ3n) is 7.79. The molecule has 0 aromatic carbocycles. The van der Waals surface area contributed by atoms with Gasteiger partial charge in [0.2, 0.25) is 0 Å². The van der Waals surface area contributed by atoms with Crippen LogP contribution in [-0.2, 0) is 9.59 Å². The number of Topliss-reactive ketones (excluding diaryl/α,β-unsaturated/α-hetero) is 1. The number of carbonyl (C=O) groups excluding carboxylic acids is 2. The molecule has 1 N–H and O–H groups in total. The molecule has 0 amide bonds. The van der Waals surface area contributed by atoms with E-state index >= 15 is 0 Å². The number of hydrogen-bond acceptors (Lipinski definition) is 3. The summed E-state index contributed by atoms with van der Waals surface area (Å²) in [5, 5.41) is 10.2. The maximum Gasteiger partial charge on any atom is 0.173 e. The van der Waals surface area contributed by atoms with Crippen LogP contribution < -0.4 is 0 Å². The van der Waals surface area contributed by atoms with Gasteiger partial charge in [-0.15, -0.1) is 11.6 Å². The molecule has 126 valence electrons. The Bertz CT molecular complexity index is 599. The highest BCUT2D eigenvalue weighted by Crippen LogP contribution is 2.64. The summed E-state index contributed by atoms with van der Waals surface area (Å²) >= 11 is 6.40. The highest BCUT2D eigenvalue weighted by molar-refractivity contribution is 6.33. The SMILES string of the molecule is C[C@]12C=CC(=O)C(Cl)C1C(O)C[C@@H]1[C@H]2CC[C@]2(C)C(=O)CC[C@@H]12. The van der Waals surface area contributed by atoms with E-state index in [4.69, 9.17) is 11.6 Å². The molecule has 0 aromatic heterocycles. The predicted octanol–water partition coefficient (Wildman–Crippen LogP) is 3.13. The molecular weight excluding hydrogens is 312 g/mol. The first-order valence-corrected chi connectivity index (χ1v) is 9.31. The van der Waals surface area contributed by atoms with Crippen molar-refractivity contribution in [3.05, 3.63) is 12.2 Å². The van der Waals surface area contributed by atoms with Crippen LogP contribution in [0.15, 0.2) is 12.2 Å². The van der Waals surface area contributed by atoms with Crippen LogP contribution in [0.5, 0.6) is 0 Å². The van der Waals surface area contributed by atoms with Crippen LogP contribution in [0.2, 0.25) is 0 Å². The van der Waals surface area contributed by atoms with E-state index in [1.807, 2.05) is 6.08 Å². The number of aliphatic hydroxyl groups excluding tert-OH is 1. The van der Waals surface area contributed by atoms with Crippen LogP contribution in [0.1, 0.15) is 46.0 Å². The van der Waals surface area contributed by atoms with Crippen molar-refractivity contribution in [2.24, 2.45) is 34.5 Å². The molecule has 3 nitrogen and oxygen atoms in total. The summed E-state index contributed by atoms with van der Waals surface area (Å²) in [6.45, 7) is 4.30. The van der Waals surface area contributed by atoms with Gasteiger partial charge >= 0.3 is 0 Å². The summed E-state index contributed by atoms with van der Waals surface area (Å²) in [6, 6.07) is 0. The van der Waals surface area contributed by atoms with Gasteiger partial charge in [0.15, 0.2) is 5.78 Å². The molecule has 0 saturated heterocycles. The molecule has 0 spiro atoms. The minimum absolute atomic E-state index is 0.0802. The van der Waals surface area contributed by atoms with Crippen molar-refractivity contribution in [3.63, 3.8) is 0 Å². The smallest absolute Gasteiger partial charge is 0.173 e. The number of carbonyl (C=O) groups is 2. The summed E-state index contributed by atoms with van der Waals surface area (Å²) < 4.78 is 0. The van der Waals surface area contributed by atoms with Gasteiger partial charge in [-0.25, -0.2) is 0 Å². The summed E-state index contributed by atoms with van der Waals surface area (Å²) in [5.41, 5.74) is -0.436. The molecule has 0 bridgehead atoms. The van der Waals surface area contributed by atoms with Crippen LogP contribution in [0.4, 0.5) is 0 Å². The van der Waals surface area contributed by atoms with Gasteiger partial charge in [-0.05, 0) is 54.9 Å². The van der Waals surface area contributed by atoms with Crippen molar-refractivity contribution in [2.75, 3.05) is 0 Å². The second-order valence-electron chi connectivity index (χ2n) is 8.63. The van der Waals surface area contributed by atoms with E-state index in [1.165, 1.54) is 0 Å². The Hall–Kier alpha value is -0.670. The van der Waals surface area contributed by atoms with Crippen LogP contribution in [-0.4, -0.2) is 28.2 Å². The molecular formula is C19H25ClO3. The average molecular weight is 337 g/mol. The first-order valence-electron chi connectivity index (χ1n) is 8.87. The van der Waals surface area contributed by atoms with Gasteiger partial charge in [0, 0.05) is 17.8 Å². The lowest BCUT2D eigenvalue weighted by atomic mass is 9.46. The van der Waals surface area contributed by atoms with Gasteiger partial charge in [0.05, 0.1) is 6.10 Å². The Balaban J connectivity index is 1.75. The van der Waals surface area contributed by atoms with Crippen LogP contribution in [0.3, 0.4) is 0 Å². The number of rotatable bonds is 0. The maximum absolute atomic E-state index is 12.4. The van der Waals surface area contributed by atoms with Crippen molar-refractivity contribution in [1.82, 2.24) is 0 Å². The Morgan fingerprint density at radius 3 is 2.70 bits per heavy atom. The first-order chi connectivity index (χ1) is 10.8. The highest BCUT2D eigenvalue weighted by Gasteiger charge is 2.62. The Morgan fingerprint density at radius 2 is 1.96 bits per heavy atom. The highest BCUT2D eigenvalue weighted by atomic mass is 35.5. The van der Waals surface area contributed by atoms with E-state index in [2.05, 4.69) is 13.8 Å². The number of ketones is 2. The van der Waals surface area contributed by atoms with E-state index in [9.17, 15) is 14.7 Å². The summed E-state index contributed by atoms with van der Waals surface area (Å²) in [7, 11) is 0. The van der Waals surface area contributed by atoms with E-state index in [0.717, 1.165) is 19.3 Å². The topological polar surface area (TPSA) is 54.4 Å². The van der Waals surface area contributed by atoms with Crippen molar-refractivity contribution in [3.8, 4) is 0 Å². The lowest BCUT2D eigenvalue weighted by Gasteiger charge is -2.59. The number of allylic oxidation sites excluding steroid dienone is 2. The second kappa shape index (κ2) is 4.92. The van der Waals surface area contributed by atoms with Gasteiger partial charge in [-0.2, -0.15) is 0 Å². The van der Waals surface area contributed by atoms with Crippen molar-refractivity contribution in [2.45, 2.75) is 57.4 Å². The molecule has 8 atom stereocenters. The van der Waals surface area contributed by atoms with E-state index in [1.54, 1.807) is 6.08 Å². The zero-order valence-corrected chi connectivity index (χ0v) is 14.6. The molecule has 0 heterocycles. The number of halogens is 1. The quantitative estimate of drug-likeness (QED) is 0.691. The molecule has 3 unspecified atom stereocenters. The zero-order chi connectivity index (χ0) is 16.6. The number of alkyl halides is 1. The lowest BCUT2D eigenvalue weighted by Crippen LogP contribution is -2.59. The Labute approximate surface area is 142 Å². The van der Waals surface area contributed by atoms with E-state index < -0.39 is 11.5 Å². The standard InChI is InChI=1S/C19H25ClO3/c1-18-7-5-12-10(11(18)3-4-15(18)23)9-14(22)16-17(20)13(21)6-8-19(12,16)2/h6,8,10-12,14,16-17,22H,3-5,7,9H2,1-2H3/t10-,11-,12+,14?,16?,17?,18-,19+/m0/s1. The first kappa shape index (κ1) is 15.8. The molecule has 0 aliphatic heterocycles. The number of fused-ring (bicyclic) bond motifs is 5. The van der Waals surface area contributed by atoms with Crippen LogP contribution >= 0.6 is 11.6 Å². The van der Waals surface area contributed by atoms with Gasteiger partial charge < -0.3 is 5.11 Å². The summed E-state index contributed by atoms with van der Waals surface area (Å²) in [4.78, 5) is 24.4. The van der Waals surface area contributed by atoms with Crippen LogP contribution in [0, 0.1) is 34.5 Å². The Morgan fingerprint density at radius 1 is 1.22 bits per heavy atom. The van der Waals surface area contributed by atoms with Gasteiger partial charge in [-0.1, -0.05) is 19.9 Å². The second-order valence-corrected chi connectivity index (χ2v) is 9.10. The fraction of sp³-hybridized carbons (Fsp3) is 0.789. The van der Waals surface area contributed by atoms with E-state index in [-0.39, 0.29) is 22.5 Å². The molecule has 3 fully saturated rings. The predicted molar refractivity (Wildman–Crippen MR) is 88.1 cm³/mol. The minimum atomic E-state index is -0.625. The maximum atomic E-state index is 12.4. The molecule has 0 aromatic rings. The zero-order valence-electron chi connectivity index (χ0n) is 13.8. The van der Waals surface area contributed by atoms with Crippen molar-refractivity contribution in [1.29, 1.82) is 0 Å². The summed E-state index contributed by atoms with van der Waals surface area (Å²) in [5.74, 6) is 1.27.